The summed E-state index contributed by atoms with van der Waals surface area (Å²) >= 11 is 1.08. The molecule has 3 N–H and O–H groups in total. The molecule has 0 aromatic carbocycles. The van der Waals surface area contributed by atoms with Crippen LogP contribution in [0.5, 0.6) is 0 Å². The molecule has 0 spiro atoms. The zero-order chi connectivity index (χ0) is 12.3. The van der Waals surface area contributed by atoms with Gasteiger partial charge in [0.2, 0.25) is 0 Å². The van der Waals surface area contributed by atoms with Crippen LogP contribution in [0.2, 0.25) is 0 Å². The molecule has 2 aromatic heterocycles. The minimum Gasteiger partial charge on any atom is -0.477 e. The van der Waals surface area contributed by atoms with Gasteiger partial charge in [-0.15, -0.1) is 0 Å². The number of nitrogens with zero attached hydrogens (tertiary/aromatic N) is 1. The summed E-state index contributed by atoms with van der Waals surface area (Å²) in [5.74, 6) is -0.616. The Labute approximate surface area is 100.0 Å². The van der Waals surface area contributed by atoms with Crippen molar-refractivity contribution >= 4 is 23.1 Å². The number of pyridine rings is 1. The molecule has 88 valence electrons. The maximum atomic E-state index is 10.9. The third-order valence-corrected chi connectivity index (χ3v) is 2.72. The Hall–Kier alpha value is -2.15. The van der Waals surface area contributed by atoms with Crippen molar-refractivity contribution in [3.05, 3.63) is 44.6 Å². The predicted molar refractivity (Wildman–Crippen MR) is 63.5 cm³/mol. The van der Waals surface area contributed by atoms with Gasteiger partial charge in [-0.1, -0.05) is 17.4 Å². The number of aromatic nitrogens is 2. The van der Waals surface area contributed by atoms with E-state index < -0.39 is 5.97 Å². The highest BCUT2D eigenvalue weighted by Gasteiger charge is 2.05. The minimum atomic E-state index is -1.07. The molecule has 0 amide bonds. The lowest BCUT2D eigenvalue weighted by atomic mass is 10.3. The first-order chi connectivity index (χ1) is 8.15. The smallest absolute Gasteiger partial charge is 0.354 e. The summed E-state index contributed by atoms with van der Waals surface area (Å²) in [4.78, 5) is 28.0. The van der Waals surface area contributed by atoms with Gasteiger partial charge in [-0.2, -0.15) is 0 Å². The van der Waals surface area contributed by atoms with Crippen molar-refractivity contribution in [1.82, 2.24) is 9.97 Å². The van der Waals surface area contributed by atoms with Crippen LogP contribution in [-0.2, 0) is 6.54 Å². The van der Waals surface area contributed by atoms with E-state index in [0.717, 1.165) is 17.0 Å². The SMILES string of the molecule is O=C(O)c1cccc(NCc2csc(=O)[nH]2)n1. The Morgan fingerprint density at radius 3 is 3.00 bits per heavy atom. The Balaban J connectivity index is 2.06. The van der Waals surface area contributed by atoms with Crippen LogP contribution in [0.1, 0.15) is 16.2 Å². The molecule has 0 saturated heterocycles. The topological polar surface area (TPSA) is 95.1 Å². The molecule has 6 nitrogen and oxygen atoms in total. The second-order valence-corrected chi connectivity index (χ2v) is 4.08. The number of thiazole rings is 1. The number of carboxylic acid groups (broad SMARTS) is 1. The molecule has 0 saturated carbocycles. The summed E-state index contributed by atoms with van der Waals surface area (Å²) in [6, 6.07) is 4.69. The van der Waals surface area contributed by atoms with E-state index in [2.05, 4.69) is 15.3 Å². The summed E-state index contributed by atoms with van der Waals surface area (Å²) in [6.07, 6.45) is 0. The largest absolute Gasteiger partial charge is 0.477 e. The molecular formula is C10H9N3O3S. The second-order valence-electron chi connectivity index (χ2n) is 3.24. The van der Waals surface area contributed by atoms with E-state index in [1.54, 1.807) is 17.5 Å². The molecule has 0 aliphatic rings. The maximum Gasteiger partial charge on any atom is 0.354 e. The van der Waals surface area contributed by atoms with Crippen LogP contribution in [0.3, 0.4) is 0 Å². The van der Waals surface area contributed by atoms with Crippen LogP contribution < -0.4 is 10.2 Å². The number of carbonyl (C=O) groups is 1. The van der Waals surface area contributed by atoms with Gasteiger partial charge in [-0.3, -0.25) is 4.79 Å². The molecule has 2 heterocycles. The number of rotatable bonds is 4. The number of hydrogen-bond donors (Lipinski definition) is 3. The van der Waals surface area contributed by atoms with Crippen molar-refractivity contribution in [2.24, 2.45) is 0 Å². The van der Waals surface area contributed by atoms with Crippen molar-refractivity contribution in [2.45, 2.75) is 6.54 Å². The standard InChI is InChI=1S/C10H9N3O3S/c14-9(15)7-2-1-3-8(13-7)11-4-6-5-17-10(16)12-6/h1-3,5H,4H2,(H,11,13)(H,12,16)(H,14,15). The predicted octanol–water partition coefficient (Wildman–Crippen LogP) is 1.14. The lowest BCUT2D eigenvalue weighted by molar-refractivity contribution is 0.0690. The lowest BCUT2D eigenvalue weighted by Crippen LogP contribution is -2.06. The molecule has 0 unspecified atom stereocenters. The Morgan fingerprint density at radius 2 is 2.35 bits per heavy atom. The zero-order valence-corrected chi connectivity index (χ0v) is 9.45. The Kier molecular flexibility index (Phi) is 3.20. The zero-order valence-electron chi connectivity index (χ0n) is 8.64. The molecule has 0 aliphatic carbocycles. The molecule has 0 atom stereocenters. The van der Waals surface area contributed by atoms with Gasteiger partial charge in [-0.25, -0.2) is 9.78 Å². The average molecular weight is 251 g/mol. The number of hydrogen-bond acceptors (Lipinski definition) is 5. The van der Waals surface area contributed by atoms with Crippen LogP contribution in [0.4, 0.5) is 5.82 Å². The van der Waals surface area contributed by atoms with Crippen LogP contribution >= 0.6 is 11.3 Å². The van der Waals surface area contributed by atoms with Gasteiger partial charge >= 0.3 is 10.8 Å². The molecule has 2 aromatic rings. The molecule has 2 rings (SSSR count). The van der Waals surface area contributed by atoms with Gasteiger partial charge in [0.25, 0.3) is 0 Å². The third kappa shape index (κ3) is 2.91. The van der Waals surface area contributed by atoms with Gasteiger partial charge in [0, 0.05) is 11.1 Å². The fourth-order valence-electron chi connectivity index (χ4n) is 1.24. The summed E-state index contributed by atoms with van der Waals surface area (Å²) in [7, 11) is 0. The summed E-state index contributed by atoms with van der Waals surface area (Å²) < 4.78 is 0. The van der Waals surface area contributed by atoms with E-state index in [1.807, 2.05) is 0 Å². The van der Waals surface area contributed by atoms with E-state index in [9.17, 15) is 9.59 Å². The van der Waals surface area contributed by atoms with Crippen molar-refractivity contribution < 1.29 is 9.90 Å². The van der Waals surface area contributed by atoms with E-state index in [4.69, 9.17) is 5.11 Å². The van der Waals surface area contributed by atoms with Crippen molar-refractivity contribution in [3.8, 4) is 0 Å². The first-order valence-electron chi connectivity index (χ1n) is 4.76. The number of aromatic carboxylic acids is 1. The summed E-state index contributed by atoms with van der Waals surface area (Å²) in [5.41, 5.74) is 0.719. The van der Waals surface area contributed by atoms with E-state index in [0.29, 0.717) is 12.4 Å². The molecule has 7 heteroatoms. The van der Waals surface area contributed by atoms with Gasteiger partial charge in [-0.05, 0) is 12.1 Å². The van der Waals surface area contributed by atoms with Gasteiger partial charge in [0.15, 0.2) is 5.69 Å². The van der Waals surface area contributed by atoms with Gasteiger partial charge in [0.05, 0.1) is 6.54 Å². The fraction of sp³-hybridized carbons (Fsp3) is 0.100. The molecule has 0 bridgehead atoms. The quantitative estimate of drug-likeness (QED) is 0.757. The Morgan fingerprint density at radius 1 is 1.53 bits per heavy atom. The van der Waals surface area contributed by atoms with Crippen LogP contribution in [0.15, 0.2) is 28.4 Å². The summed E-state index contributed by atoms with van der Waals surface area (Å²) in [6.45, 7) is 0.398. The fourth-order valence-corrected chi connectivity index (χ4v) is 1.82. The molecular weight excluding hydrogens is 242 g/mol. The normalized spacial score (nSPS) is 10.1. The molecule has 0 aliphatic heterocycles. The third-order valence-electron chi connectivity index (χ3n) is 2.00. The summed E-state index contributed by atoms with van der Waals surface area (Å²) in [5, 5.41) is 13.4. The van der Waals surface area contributed by atoms with Crippen molar-refractivity contribution in [2.75, 3.05) is 5.32 Å². The highest BCUT2D eigenvalue weighted by Crippen LogP contribution is 2.06. The van der Waals surface area contributed by atoms with Crippen LogP contribution in [0.25, 0.3) is 0 Å². The number of anilines is 1. The van der Waals surface area contributed by atoms with E-state index in [1.165, 1.54) is 6.07 Å². The monoisotopic (exact) mass is 251 g/mol. The highest BCUT2D eigenvalue weighted by atomic mass is 32.1. The average Bonchev–Trinajstić information content (AvgIpc) is 2.73. The highest BCUT2D eigenvalue weighted by molar-refractivity contribution is 7.07. The van der Waals surface area contributed by atoms with E-state index in [-0.39, 0.29) is 10.6 Å². The second kappa shape index (κ2) is 4.79. The van der Waals surface area contributed by atoms with Crippen LogP contribution in [-0.4, -0.2) is 21.0 Å². The van der Waals surface area contributed by atoms with Crippen LogP contribution in [0, 0.1) is 0 Å². The number of nitrogens with one attached hydrogen (secondary N) is 2. The first kappa shape index (κ1) is 11.3. The Bertz CT molecular complexity index is 590. The van der Waals surface area contributed by atoms with Gasteiger partial charge < -0.3 is 15.4 Å². The molecule has 0 fully saturated rings. The number of H-pyrrole nitrogens is 1. The number of carboxylic acids is 1. The lowest BCUT2D eigenvalue weighted by Gasteiger charge is -2.04. The van der Waals surface area contributed by atoms with Crippen molar-refractivity contribution in [1.29, 1.82) is 0 Å². The first-order valence-corrected chi connectivity index (χ1v) is 5.64. The minimum absolute atomic E-state index is 0.0196. The van der Waals surface area contributed by atoms with Crippen molar-refractivity contribution in [3.63, 3.8) is 0 Å². The molecule has 17 heavy (non-hydrogen) atoms. The number of aromatic amines is 1. The van der Waals surface area contributed by atoms with E-state index >= 15 is 0 Å². The molecule has 0 radical (unpaired) electrons. The maximum absolute atomic E-state index is 10.9. The van der Waals surface area contributed by atoms with Gasteiger partial charge in [0.1, 0.15) is 5.82 Å².